The quantitative estimate of drug-likeness (QED) is 0.401. The molecule has 0 bridgehead atoms. The van der Waals surface area contributed by atoms with Gasteiger partial charge in [0.2, 0.25) is 0 Å². The van der Waals surface area contributed by atoms with Gasteiger partial charge in [-0.15, -0.1) is 0 Å². The Hall–Kier alpha value is -3.91. The number of rotatable bonds is 6. The number of anilines is 1. The molecule has 5 rings (SSSR count). The highest BCUT2D eigenvalue weighted by atomic mass is 32.1. The Balaban J connectivity index is 1.64. The summed E-state index contributed by atoms with van der Waals surface area (Å²) in [4.78, 5) is 37.4. The molecule has 4 aromatic rings. The minimum atomic E-state index is -0.281. The molecular formula is C26H23N5O2S. The number of thiazole rings is 1. The topological polar surface area (TPSA) is 96.9 Å². The largest absolute Gasteiger partial charge is 0.338 e. The number of carbonyl (C=O) groups excluding carboxylic acids is 2. The number of allylic oxidation sites excluding steroid dienone is 1. The molecule has 3 aromatic heterocycles. The Labute approximate surface area is 201 Å². The maximum Gasteiger partial charge on any atom is 0.321 e. The number of amides is 2. The number of nitrogens with zero attached hydrogens (tertiary/aromatic N) is 3. The van der Waals surface area contributed by atoms with Gasteiger partial charge in [0.1, 0.15) is 5.78 Å². The zero-order chi connectivity index (χ0) is 23.7. The number of urea groups is 1. The van der Waals surface area contributed by atoms with Gasteiger partial charge in [-0.25, -0.2) is 9.78 Å². The first-order valence-electron chi connectivity index (χ1n) is 11.1. The zero-order valence-electron chi connectivity index (χ0n) is 18.9. The van der Waals surface area contributed by atoms with Crippen LogP contribution in [-0.2, 0) is 17.6 Å². The molecule has 2 N–H and O–H groups in total. The van der Waals surface area contributed by atoms with E-state index in [1.54, 1.807) is 13.1 Å². The Bertz CT molecular complexity index is 1440. The van der Waals surface area contributed by atoms with E-state index < -0.39 is 0 Å². The zero-order valence-corrected chi connectivity index (χ0v) is 19.7. The van der Waals surface area contributed by atoms with Crippen molar-refractivity contribution in [2.75, 3.05) is 11.9 Å². The molecule has 2 amide bonds. The molecule has 170 valence electrons. The highest BCUT2D eigenvalue weighted by molar-refractivity contribution is 7.22. The third-order valence-corrected chi connectivity index (χ3v) is 6.62. The fourth-order valence-electron chi connectivity index (χ4n) is 4.10. The maximum absolute atomic E-state index is 12.1. The minimum Gasteiger partial charge on any atom is -0.338 e. The van der Waals surface area contributed by atoms with Crippen LogP contribution in [0.2, 0.25) is 0 Å². The van der Waals surface area contributed by atoms with Gasteiger partial charge < -0.3 is 5.32 Å². The van der Waals surface area contributed by atoms with E-state index in [4.69, 9.17) is 9.97 Å². The second-order valence-electron chi connectivity index (χ2n) is 8.13. The number of fused-ring (bicyclic) bond motifs is 2. The lowest BCUT2D eigenvalue weighted by atomic mass is 9.97. The third kappa shape index (κ3) is 4.32. The number of hydrogen-bond acceptors (Lipinski definition) is 6. The Kier molecular flexibility index (Phi) is 5.90. The van der Waals surface area contributed by atoms with Crippen LogP contribution in [0.3, 0.4) is 0 Å². The van der Waals surface area contributed by atoms with Gasteiger partial charge in [-0.2, -0.15) is 0 Å². The summed E-state index contributed by atoms with van der Waals surface area (Å²) in [6.07, 6.45) is 9.02. The van der Waals surface area contributed by atoms with E-state index in [0.717, 1.165) is 44.7 Å². The van der Waals surface area contributed by atoms with Gasteiger partial charge in [0.25, 0.3) is 0 Å². The van der Waals surface area contributed by atoms with Gasteiger partial charge in [0.15, 0.2) is 5.13 Å². The Morgan fingerprint density at radius 1 is 1.12 bits per heavy atom. The van der Waals surface area contributed by atoms with Crippen molar-refractivity contribution < 1.29 is 9.59 Å². The van der Waals surface area contributed by atoms with E-state index >= 15 is 0 Å². The van der Waals surface area contributed by atoms with Gasteiger partial charge in [0.05, 0.1) is 15.9 Å². The number of benzene rings is 1. The molecule has 7 nitrogen and oxygen atoms in total. The molecule has 3 heterocycles. The van der Waals surface area contributed by atoms with Crippen molar-refractivity contribution >= 4 is 44.6 Å². The lowest BCUT2D eigenvalue weighted by Gasteiger charge is -2.11. The summed E-state index contributed by atoms with van der Waals surface area (Å²) in [7, 11) is 0. The molecule has 0 fully saturated rings. The van der Waals surface area contributed by atoms with Crippen molar-refractivity contribution in [1.82, 2.24) is 20.3 Å². The second kappa shape index (κ2) is 9.15. The molecule has 0 spiro atoms. The molecule has 0 aliphatic heterocycles. The second-order valence-corrected chi connectivity index (χ2v) is 9.13. The molecule has 1 aliphatic carbocycles. The molecule has 0 atom stereocenters. The molecule has 1 aliphatic rings. The summed E-state index contributed by atoms with van der Waals surface area (Å²) < 4.78 is 0.963. The van der Waals surface area contributed by atoms with Crippen molar-refractivity contribution in [3.63, 3.8) is 0 Å². The summed E-state index contributed by atoms with van der Waals surface area (Å²) in [5.41, 5.74) is 7.64. The third-order valence-electron chi connectivity index (χ3n) is 5.60. The van der Waals surface area contributed by atoms with Crippen LogP contribution < -0.4 is 10.6 Å². The van der Waals surface area contributed by atoms with Crippen LogP contribution in [0.1, 0.15) is 30.7 Å². The lowest BCUT2D eigenvalue weighted by Crippen LogP contribution is -2.28. The van der Waals surface area contributed by atoms with Gasteiger partial charge in [0, 0.05) is 42.2 Å². The van der Waals surface area contributed by atoms with Crippen molar-refractivity contribution in [3.8, 4) is 22.4 Å². The highest BCUT2D eigenvalue weighted by Crippen LogP contribution is 2.40. The number of hydrogen-bond donors (Lipinski definition) is 2. The SMILES string of the molecule is CCNC(=O)Nc1nc2cc(-c3ccc(CC(C)=O)nc3)cc(-c3nccc4c3CC=C4)c2s1. The molecule has 0 saturated heterocycles. The number of ketones is 1. The van der Waals surface area contributed by atoms with E-state index in [0.29, 0.717) is 18.1 Å². The van der Waals surface area contributed by atoms with Crippen LogP contribution >= 0.6 is 11.3 Å². The van der Waals surface area contributed by atoms with Crippen LogP contribution in [-0.4, -0.2) is 33.3 Å². The maximum atomic E-state index is 12.1. The van der Waals surface area contributed by atoms with Crippen molar-refractivity contribution in [2.45, 2.75) is 26.7 Å². The molecule has 1 aromatic carbocycles. The van der Waals surface area contributed by atoms with Crippen LogP contribution in [0, 0.1) is 0 Å². The number of carbonyl (C=O) groups is 2. The molecule has 8 heteroatoms. The van der Waals surface area contributed by atoms with Crippen molar-refractivity contribution in [1.29, 1.82) is 0 Å². The fraction of sp³-hybridized carbons (Fsp3) is 0.192. The van der Waals surface area contributed by atoms with Crippen LogP contribution in [0.25, 0.3) is 38.7 Å². The normalized spacial score (nSPS) is 12.1. The summed E-state index contributed by atoms with van der Waals surface area (Å²) in [5.74, 6) is 0.0798. The van der Waals surface area contributed by atoms with E-state index in [1.165, 1.54) is 22.5 Å². The monoisotopic (exact) mass is 469 g/mol. The van der Waals surface area contributed by atoms with E-state index in [9.17, 15) is 9.59 Å². The molecule has 0 unspecified atom stereocenters. The highest BCUT2D eigenvalue weighted by Gasteiger charge is 2.19. The minimum absolute atomic E-state index is 0.0798. The van der Waals surface area contributed by atoms with Gasteiger partial charge >= 0.3 is 6.03 Å². The molecular weight excluding hydrogens is 446 g/mol. The van der Waals surface area contributed by atoms with Gasteiger partial charge in [-0.1, -0.05) is 29.6 Å². The van der Waals surface area contributed by atoms with Crippen LogP contribution in [0.15, 0.2) is 48.8 Å². The first kappa shape index (κ1) is 21.9. The average Bonchev–Trinajstić information content (AvgIpc) is 3.45. The predicted octanol–water partition coefficient (Wildman–Crippen LogP) is 5.26. The predicted molar refractivity (Wildman–Crippen MR) is 136 cm³/mol. The van der Waals surface area contributed by atoms with Crippen LogP contribution in [0.4, 0.5) is 9.93 Å². The van der Waals surface area contributed by atoms with Crippen LogP contribution in [0.5, 0.6) is 0 Å². The molecule has 0 saturated carbocycles. The average molecular weight is 470 g/mol. The Morgan fingerprint density at radius 2 is 2.00 bits per heavy atom. The number of pyridine rings is 2. The van der Waals surface area contributed by atoms with E-state index in [2.05, 4.69) is 33.8 Å². The number of Topliss-reactive ketones (excluding diaryl/α,β-unsaturated/α-hetero) is 1. The number of nitrogens with one attached hydrogen (secondary N) is 2. The first-order chi connectivity index (χ1) is 16.5. The molecule has 34 heavy (non-hydrogen) atoms. The summed E-state index contributed by atoms with van der Waals surface area (Å²) in [5, 5.41) is 6.09. The lowest BCUT2D eigenvalue weighted by molar-refractivity contribution is -0.116. The van der Waals surface area contributed by atoms with Crippen molar-refractivity contribution in [2.24, 2.45) is 0 Å². The fourth-order valence-corrected chi connectivity index (χ4v) is 5.06. The number of aromatic nitrogens is 3. The summed E-state index contributed by atoms with van der Waals surface area (Å²) in [6, 6.07) is 9.71. The van der Waals surface area contributed by atoms with E-state index in [-0.39, 0.29) is 11.8 Å². The smallest absolute Gasteiger partial charge is 0.321 e. The summed E-state index contributed by atoms with van der Waals surface area (Å²) >= 11 is 1.43. The molecule has 0 radical (unpaired) electrons. The standard InChI is InChI=1S/C26H23N5O2S/c1-3-27-25(33)31-26-30-22-13-18(17-7-8-19(29-14-17)11-15(2)32)12-21(24(22)34-26)23-20-6-4-5-16(20)9-10-28-23/h4-5,7-10,12-14H,3,6,11H2,1-2H3,(H2,27,30,31,33). The first-order valence-corrected chi connectivity index (χ1v) is 11.9. The van der Waals surface area contributed by atoms with Gasteiger partial charge in [-0.3, -0.25) is 20.1 Å². The van der Waals surface area contributed by atoms with Gasteiger partial charge in [-0.05, 0) is 61.2 Å². The summed E-state index contributed by atoms with van der Waals surface area (Å²) in [6.45, 7) is 3.96. The van der Waals surface area contributed by atoms with E-state index in [1.807, 2.05) is 37.4 Å². The Morgan fingerprint density at radius 3 is 2.76 bits per heavy atom. The van der Waals surface area contributed by atoms with Crippen molar-refractivity contribution in [3.05, 3.63) is 65.6 Å².